The van der Waals surface area contributed by atoms with Gasteiger partial charge in [-0.2, -0.15) is 0 Å². The normalized spacial score (nSPS) is 14.7. The standard InChI is InChI=1S/C15H18N2O2/c18-15(17-8-7-16-10-11-4-5-11)13-2-1-3-14-12(13)6-9-19-14/h1-3,6,9,11,16H,4-5,7-8,10H2,(H,17,18). The van der Waals surface area contributed by atoms with Crippen LogP contribution in [0.5, 0.6) is 0 Å². The fourth-order valence-corrected chi connectivity index (χ4v) is 2.18. The number of carbonyl (C=O) groups excluding carboxylic acids is 1. The lowest BCUT2D eigenvalue weighted by molar-refractivity contribution is 0.0955. The summed E-state index contributed by atoms with van der Waals surface area (Å²) in [5.41, 5.74) is 1.42. The molecule has 0 radical (unpaired) electrons. The molecule has 1 heterocycles. The Kier molecular flexibility index (Phi) is 3.51. The molecular weight excluding hydrogens is 240 g/mol. The van der Waals surface area contributed by atoms with Crippen molar-refractivity contribution in [2.45, 2.75) is 12.8 Å². The van der Waals surface area contributed by atoms with Crippen LogP contribution in [0.4, 0.5) is 0 Å². The Morgan fingerprint density at radius 1 is 1.26 bits per heavy atom. The van der Waals surface area contributed by atoms with Gasteiger partial charge in [0.1, 0.15) is 5.58 Å². The number of hydrogen-bond donors (Lipinski definition) is 2. The molecule has 1 aromatic carbocycles. The first-order chi connectivity index (χ1) is 9.34. The highest BCUT2D eigenvalue weighted by molar-refractivity contribution is 6.05. The molecule has 100 valence electrons. The van der Waals surface area contributed by atoms with Gasteiger partial charge in [-0.3, -0.25) is 4.79 Å². The molecule has 19 heavy (non-hydrogen) atoms. The van der Waals surface area contributed by atoms with Crippen molar-refractivity contribution >= 4 is 16.9 Å². The number of fused-ring (bicyclic) bond motifs is 1. The van der Waals surface area contributed by atoms with E-state index in [4.69, 9.17) is 4.42 Å². The summed E-state index contributed by atoms with van der Waals surface area (Å²) in [5, 5.41) is 7.15. The van der Waals surface area contributed by atoms with Crippen molar-refractivity contribution in [2.24, 2.45) is 5.92 Å². The molecule has 0 saturated heterocycles. The van der Waals surface area contributed by atoms with Crippen LogP contribution in [0.3, 0.4) is 0 Å². The highest BCUT2D eigenvalue weighted by Gasteiger charge is 2.20. The van der Waals surface area contributed by atoms with E-state index in [9.17, 15) is 4.79 Å². The number of furan rings is 1. The fourth-order valence-electron chi connectivity index (χ4n) is 2.18. The van der Waals surface area contributed by atoms with E-state index in [1.165, 1.54) is 12.8 Å². The molecule has 1 saturated carbocycles. The number of carbonyl (C=O) groups is 1. The van der Waals surface area contributed by atoms with Gasteiger partial charge in [0.25, 0.3) is 5.91 Å². The van der Waals surface area contributed by atoms with E-state index in [1.807, 2.05) is 24.3 Å². The molecule has 4 nitrogen and oxygen atoms in total. The fraction of sp³-hybridized carbons (Fsp3) is 0.400. The van der Waals surface area contributed by atoms with E-state index in [2.05, 4.69) is 10.6 Å². The maximum absolute atomic E-state index is 12.1. The van der Waals surface area contributed by atoms with Crippen LogP contribution in [0.2, 0.25) is 0 Å². The SMILES string of the molecule is O=C(NCCNCC1CC1)c1cccc2occc12. The van der Waals surface area contributed by atoms with Gasteiger partial charge in [-0.05, 0) is 43.5 Å². The zero-order valence-corrected chi connectivity index (χ0v) is 10.8. The van der Waals surface area contributed by atoms with Crippen LogP contribution in [-0.4, -0.2) is 25.5 Å². The largest absolute Gasteiger partial charge is 0.464 e. The van der Waals surface area contributed by atoms with Crippen molar-refractivity contribution in [3.05, 3.63) is 36.1 Å². The van der Waals surface area contributed by atoms with Crippen LogP contribution in [0.15, 0.2) is 34.9 Å². The summed E-state index contributed by atoms with van der Waals surface area (Å²) in [6.07, 6.45) is 4.31. The van der Waals surface area contributed by atoms with Crippen molar-refractivity contribution in [1.82, 2.24) is 10.6 Å². The Balaban J connectivity index is 1.52. The second kappa shape index (κ2) is 5.45. The molecule has 1 aliphatic rings. The first-order valence-corrected chi connectivity index (χ1v) is 6.80. The van der Waals surface area contributed by atoms with Crippen molar-refractivity contribution in [2.75, 3.05) is 19.6 Å². The molecule has 3 rings (SSSR count). The van der Waals surface area contributed by atoms with Gasteiger partial charge in [0, 0.05) is 18.5 Å². The summed E-state index contributed by atoms with van der Waals surface area (Å²) < 4.78 is 5.29. The lowest BCUT2D eigenvalue weighted by atomic mass is 10.1. The van der Waals surface area contributed by atoms with E-state index in [0.29, 0.717) is 12.1 Å². The lowest BCUT2D eigenvalue weighted by Crippen LogP contribution is -2.32. The number of rotatable bonds is 6. The number of benzene rings is 1. The van der Waals surface area contributed by atoms with Crippen molar-refractivity contribution < 1.29 is 9.21 Å². The first kappa shape index (κ1) is 12.2. The third-order valence-electron chi connectivity index (χ3n) is 3.46. The highest BCUT2D eigenvalue weighted by Crippen LogP contribution is 2.27. The van der Waals surface area contributed by atoms with Crippen LogP contribution >= 0.6 is 0 Å². The van der Waals surface area contributed by atoms with Gasteiger partial charge in [-0.25, -0.2) is 0 Å². The van der Waals surface area contributed by atoms with E-state index in [1.54, 1.807) is 6.26 Å². The van der Waals surface area contributed by atoms with Gasteiger partial charge < -0.3 is 15.1 Å². The molecule has 0 spiro atoms. The predicted molar refractivity (Wildman–Crippen MR) is 74.1 cm³/mol. The third-order valence-corrected chi connectivity index (χ3v) is 3.46. The molecular formula is C15H18N2O2. The molecule has 1 amide bonds. The topological polar surface area (TPSA) is 54.3 Å². The molecule has 0 bridgehead atoms. The average molecular weight is 258 g/mol. The van der Waals surface area contributed by atoms with E-state index >= 15 is 0 Å². The third kappa shape index (κ3) is 2.96. The minimum absolute atomic E-state index is 0.0415. The number of nitrogens with one attached hydrogen (secondary N) is 2. The summed E-state index contributed by atoms with van der Waals surface area (Å²) >= 11 is 0. The molecule has 0 aliphatic heterocycles. The van der Waals surface area contributed by atoms with Crippen LogP contribution in [0, 0.1) is 5.92 Å². The van der Waals surface area contributed by atoms with Gasteiger partial charge in [0.15, 0.2) is 0 Å². The van der Waals surface area contributed by atoms with Crippen molar-refractivity contribution in [3.8, 4) is 0 Å². The Hall–Kier alpha value is -1.81. The number of amides is 1. The van der Waals surface area contributed by atoms with E-state index in [0.717, 1.165) is 30.0 Å². The van der Waals surface area contributed by atoms with E-state index in [-0.39, 0.29) is 5.91 Å². The summed E-state index contributed by atoms with van der Waals surface area (Å²) in [7, 11) is 0. The van der Waals surface area contributed by atoms with Crippen LogP contribution in [0.25, 0.3) is 11.0 Å². The lowest BCUT2D eigenvalue weighted by Gasteiger charge is -2.07. The summed E-state index contributed by atoms with van der Waals surface area (Å²) in [6.45, 7) is 2.55. The summed E-state index contributed by atoms with van der Waals surface area (Å²) in [5.74, 6) is 0.829. The molecule has 1 aliphatic carbocycles. The average Bonchev–Trinajstić information content (AvgIpc) is 3.12. The Morgan fingerprint density at radius 2 is 2.16 bits per heavy atom. The highest BCUT2D eigenvalue weighted by atomic mass is 16.3. The summed E-state index contributed by atoms with van der Waals surface area (Å²) in [6, 6.07) is 7.36. The van der Waals surface area contributed by atoms with Gasteiger partial charge in [-0.15, -0.1) is 0 Å². The van der Waals surface area contributed by atoms with E-state index < -0.39 is 0 Å². The van der Waals surface area contributed by atoms with Gasteiger partial charge >= 0.3 is 0 Å². The molecule has 2 N–H and O–H groups in total. The van der Waals surface area contributed by atoms with Gasteiger partial charge in [-0.1, -0.05) is 6.07 Å². The second-order valence-electron chi connectivity index (χ2n) is 5.04. The van der Waals surface area contributed by atoms with Crippen LogP contribution < -0.4 is 10.6 Å². The molecule has 2 aromatic rings. The second-order valence-corrected chi connectivity index (χ2v) is 5.04. The molecule has 0 atom stereocenters. The quantitative estimate of drug-likeness (QED) is 0.781. The van der Waals surface area contributed by atoms with Crippen LogP contribution in [0.1, 0.15) is 23.2 Å². The first-order valence-electron chi connectivity index (χ1n) is 6.80. The molecule has 0 unspecified atom stereocenters. The molecule has 1 aromatic heterocycles. The maximum atomic E-state index is 12.1. The van der Waals surface area contributed by atoms with Crippen molar-refractivity contribution in [1.29, 1.82) is 0 Å². The van der Waals surface area contributed by atoms with Crippen LogP contribution in [-0.2, 0) is 0 Å². The number of hydrogen-bond acceptors (Lipinski definition) is 3. The smallest absolute Gasteiger partial charge is 0.252 e. The zero-order chi connectivity index (χ0) is 13.1. The molecule has 1 fully saturated rings. The monoisotopic (exact) mass is 258 g/mol. The minimum Gasteiger partial charge on any atom is -0.464 e. The predicted octanol–water partition coefficient (Wildman–Crippen LogP) is 2.16. The summed E-state index contributed by atoms with van der Waals surface area (Å²) in [4.78, 5) is 12.1. The Labute approximate surface area is 112 Å². The minimum atomic E-state index is -0.0415. The maximum Gasteiger partial charge on any atom is 0.252 e. The van der Waals surface area contributed by atoms with Gasteiger partial charge in [0.2, 0.25) is 0 Å². The Bertz CT molecular complexity index is 572. The van der Waals surface area contributed by atoms with Gasteiger partial charge in [0.05, 0.1) is 11.8 Å². The zero-order valence-electron chi connectivity index (χ0n) is 10.8. The molecule has 4 heteroatoms. The van der Waals surface area contributed by atoms with Crippen molar-refractivity contribution in [3.63, 3.8) is 0 Å². The Morgan fingerprint density at radius 3 is 3.00 bits per heavy atom.